The summed E-state index contributed by atoms with van der Waals surface area (Å²) in [6, 6.07) is 9.09. The van der Waals surface area contributed by atoms with E-state index in [9.17, 15) is 33.1 Å². The SMILES string of the molecule is Cc1nc2cnc(N(C)C3CCN(C4CC(C(F)(F)F)C4)CC3)c(C#N)c2c(=O)n1CC#Cc1ccc(Cl)cc1-c1ccnc2c(C(=O)O)csc12. The number of nitriles is 1. The first-order valence-corrected chi connectivity index (χ1v) is 17.8. The van der Waals surface area contributed by atoms with Gasteiger partial charge >= 0.3 is 12.1 Å². The van der Waals surface area contributed by atoms with Crippen LogP contribution in [0, 0.1) is 36.0 Å². The van der Waals surface area contributed by atoms with E-state index in [0.29, 0.717) is 63.9 Å². The number of aryl methyl sites for hydroxylation is 1. The van der Waals surface area contributed by atoms with Crippen LogP contribution in [0.2, 0.25) is 5.02 Å². The summed E-state index contributed by atoms with van der Waals surface area (Å²) >= 11 is 7.64. The van der Waals surface area contributed by atoms with Gasteiger partial charge in [0.1, 0.15) is 23.3 Å². The van der Waals surface area contributed by atoms with Crippen LogP contribution in [0.25, 0.3) is 32.2 Å². The molecule has 1 aliphatic carbocycles. The molecule has 5 aromatic rings. The summed E-state index contributed by atoms with van der Waals surface area (Å²) in [5.41, 5.74) is 2.45. The molecule has 1 saturated carbocycles. The van der Waals surface area contributed by atoms with Gasteiger partial charge in [0.05, 0.1) is 45.3 Å². The van der Waals surface area contributed by atoms with Crippen LogP contribution in [0.4, 0.5) is 19.0 Å². The van der Waals surface area contributed by atoms with Crippen LogP contribution in [0.1, 0.15) is 53.0 Å². The Kier molecular flexibility index (Phi) is 9.42. The van der Waals surface area contributed by atoms with Gasteiger partial charge in [-0.1, -0.05) is 23.4 Å². The molecule has 15 heteroatoms. The summed E-state index contributed by atoms with van der Waals surface area (Å²) in [6.45, 7) is 2.93. The number of carboxylic acid groups (broad SMARTS) is 1. The number of piperidine rings is 1. The van der Waals surface area contributed by atoms with Crippen molar-refractivity contribution in [1.29, 1.82) is 5.26 Å². The summed E-state index contributed by atoms with van der Waals surface area (Å²) in [7, 11) is 1.82. The highest BCUT2D eigenvalue weighted by Crippen LogP contribution is 2.44. The number of alkyl halides is 3. The summed E-state index contributed by atoms with van der Waals surface area (Å²) < 4.78 is 41.1. The number of carboxylic acids is 1. The molecule has 0 radical (unpaired) electrons. The molecular weight excluding hydrogens is 715 g/mol. The fourth-order valence-corrected chi connectivity index (χ4v) is 8.39. The lowest BCUT2D eigenvalue weighted by molar-refractivity contribution is -0.207. The average Bonchev–Trinajstić information content (AvgIpc) is 3.53. The fraction of sp³-hybridized carbons (Fsp3) is 0.351. The van der Waals surface area contributed by atoms with E-state index in [4.69, 9.17) is 11.6 Å². The number of halogens is 4. The topological polar surface area (TPSA) is 128 Å². The first kappa shape index (κ1) is 35.4. The van der Waals surface area contributed by atoms with Gasteiger partial charge in [0.2, 0.25) is 0 Å². The van der Waals surface area contributed by atoms with Crippen molar-refractivity contribution >= 4 is 55.8 Å². The number of rotatable bonds is 6. The zero-order valence-electron chi connectivity index (χ0n) is 28.0. The standard InChI is InChI=1S/C37H31ClF3N7O3S/c1-20-45-30-18-44-34(46(2)24-8-12-47(13-9-24)25-14-22(15-25)37(39,40)41)28(17-42)31(30)35(49)48(20)11-3-4-21-5-6-23(38)16-27(21)26-7-10-43-32-29(36(50)51)19-52-33(26)32/h5-7,10,16,18-19,22,24-25H,8-9,11-15H2,1-2H3,(H,50,51). The molecule has 52 heavy (non-hydrogen) atoms. The number of carbonyl (C=O) groups is 1. The van der Waals surface area contributed by atoms with Gasteiger partial charge in [0.25, 0.3) is 5.56 Å². The molecule has 0 amide bonds. The molecule has 2 fully saturated rings. The second-order valence-electron chi connectivity index (χ2n) is 13.1. The Bertz CT molecular complexity index is 2400. The molecule has 1 aliphatic heterocycles. The second-order valence-corrected chi connectivity index (χ2v) is 14.4. The van der Waals surface area contributed by atoms with Crippen molar-refractivity contribution < 1.29 is 23.1 Å². The maximum absolute atomic E-state index is 14.0. The number of aromatic carboxylic acids is 1. The van der Waals surface area contributed by atoms with Gasteiger partial charge in [-0.05, 0) is 56.9 Å². The Balaban J connectivity index is 1.15. The molecule has 5 heterocycles. The van der Waals surface area contributed by atoms with E-state index in [1.807, 2.05) is 11.9 Å². The first-order chi connectivity index (χ1) is 24.8. The molecule has 266 valence electrons. The van der Waals surface area contributed by atoms with Crippen LogP contribution in [0.15, 0.2) is 46.8 Å². The molecule has 2 aliphatic rings. The Morgan fingerprint density at radius 3 is 2.62 bits per heavy atom. The molecule has 1 saturated heterocycles. The number of pyridine rings is 2. The van der Waals surface area contributed by atoms with Crippen molar-refractivity contribution in [2.45, 2.75) is 57.4 Å². The van der Waals surface area contributed by atoms with Gasteiger partial charge in [0, 0.05) is 65.5 Å². The molecule has 1 N–H and O–H groups in total. The van der Waals surface area contributed by atoms with E-state index in [-0.39, 0.29) is 53.5 Å². The normalized spacial score (nSPS) is 18.1. The third-order valence-electron chi connectivity index (χ3n) is 10.2. The number of nitrogens with zero attached hydrogens (tertiary/aromatic N) is 7. The van der Waals surface area contributed by atoms with E-state index in [0.717, 1.165) is 5.56 Å². The van der Waals surface area contributed by atoms with Gasteiger partial charge in [-0.25, -0.2) is 14.8 Å². The highest BCUT2D eigenvalue weighted by molar-refractivity contribution is 7.18. The minimum atomic E-state index is -4.14. The lowest BCUT2D eigenvalue weighted by Gasteiger charge is -2.47. The number of thiophene rings is 1. The average molecular weight is 746 g/mol. The van der Waals surface area contributed by atoms with Gasteiger partial charge in [0.15, 0.2) is 0 Å². The third kappa shape index (κ3) is 6.47. The largest absolute Gasteiger partial charge is 0.478 e. The number of hydrogen-bond donors (Lipinski definition) is 1. The molecule has 0 bridgehead atoms. The van der Waals surface area contributed by atoms with Gasteiger partial charge in [-0.15, -0.1) is 11.3 Å². The lowest BCUT2D eigenvalue weighted by Crippen LogP contribution is -2.53. The minimum absolute atomic E-state index is 0.0154. The van der Waals surface area contributed by atoms with Crippen LogP contribution in [0.3, 0.4) is 0 Å². The van der Waals surface area contributed by atoms with Crippen LogP contribution < -0.4 is 10.5 Å². The summed E-state index contributed by atoms with van der Waals surface area (Å²) in [5.74, 6) is 4.66. The van der Waals surface area contributed by atoms with Gasteiger partial charge in [-0.3, -0.25) is 14.3 Å². The summed E-state index contributed by atoms with van der Waals surface area (Å²) in [5, 5.41) is 22.1. The highest BCUT2D eigenvalue weighted by Gasteiger charge is 2.49. The molecule has 4 aromatic heterocycles. The van der Waals surface area contributed by atoms with Crippen LogP contribution >= 0.6 is 22.9 Å². The summed E-state index contributed by atoms with van der Waals surface area (Å²) in [6.07, 6.45) is 0.534. The van der Waals surface area contributed by atoms with E-state index in [1.165, 1.54) is 22.1 Å². The first-order valence-electron chi connectivity index (χ1n) is 16.6. The van der Waals surface area contributed by atoms with Crippen LogP contribution in [0.5, 0.6) is 0 Å². The molecular formula is C37H31ClF3N7O3S. The van der Waals surface area contributed by atoms with Crippen LogP contribution in [-0.4, -0.2) is 73.9 Å². The van der Waals surface area contributed by atoms with Gasteiger partial charge < -0.3 is 14.9 Å². The number of hydrogen-bond acceptors (Lipinski definition) is 9. The second kappa shape index (κ2) is 13.8. The van der Waals surface area contributed by atoms with Gasteiger partial charge in [-0.2, -0.15) is 18.4 Å². The Hall–Kier alpha value is -5.02. The van der Waals surface area contributed by atoms with Crippen molar-refractivity contribution in [3.8, 4) is 29.0 Å². The number of benzene rings is 1. The van der Waals surface area contributed by atoms with E-state index >= 15 is 0 Å². The molecule has 0 atom stereocenters. The molecule has 0 unspecified atom stereocenters. The third-order valence-corrected chi connectivity index (χ3v) is 11.4. The fourth-order valence-electron chi connectivity index (χ4n) is 7.19. The number of anilines is 1. The lowest BCUT2D eigenvalue weighted by atomic mass is 9.78. The smallest absolute Gasteiger partial charge is 0.391 e. The van der Waals surface area contributed by atoms with Crippen molar-refractivity contribution in [1.82, 2.24) is 24.4 Å². The predicted molar refractivity (Wildman–Crippen MR) is 193 cm³/mol. The summed E-state index contributed by atoms with van der Waals surface area (Å²) in [4.78, 5) is 43.2. The zero-order chi connectivity index (χ0) is 36.9. The Morgan fingerprint density at radius 1 is 1.17 bits per heavy atom. The van der Waals surface area contributed by atoms with Crippen LogP contribution in [-0.2, 0) is 6.54 Å². The van der Waals surface area contributed by atoms with Crippen molar-refractivity contribution in [3.63, 3.8) is 0 Å². The quantitative estimate of drug-likeness (QED) is 0.185. The predicted octanol–water partition coefficient (Wildman–Crippen LogP) is 6.89. The minimum Gasteiger partial charge on any atom is -0.478 e. The van der Waals surface area contributed by atoms with Crippen molar-refractivity contribution in [2.75, 3.05) is 25.0 Å². The number of aromatic nitrogens is 4. The highest BCUT2D eigenvalue weighted by atomic mass is 35.5. The maximum Gasteiger partial charge on any atom is 0.391 e. The number of likely N-dealkylation sites (tertiary alicyclic amines) is 1. The van der Waals surface area contributed by atoms with Crippen molar-refractivity contribution in [2.24, 2.45) is 5.92 Å². The number of fused-ring (bicyclic) bond motifs is 2. The van der Waals surface area contributed by atoms with E-state index in [1.54, 1.807) is 42.8 Å². The van der Waals surface area contributed by atoms with E-state index in [2.05, 4.69) is 37.8 Å². The van der Waals surface area contributed by atoms with E-state index < -0.39 is 23.6 Å². The molecule has 7 rings (SSSR count). The maximum atomic E-state index is 14.0. The molecule has 0 spiro atoms. The Morgan fingerprint density at radius 2 is 1.92 bits per heavy atom. The zero-order valence-corrected chi connectivity index (χ0v) is 29.6. The van der Waals surface area contributed by atoms with Crippen molar-refractivity contribution in [3.05, 3.63) is 79.9 Å². The molecule has 10 nitrogen and oxygen atoms in total. The monoisotopic (exact) mass is 745 g/mol. The molecule has 1 aromatic carbocycles. The Labute approximate surface area is 305 Å².